The maximum absolute atomic E-state index is 5.06. The van der Waals surface area contributed by atoms with E-state index < -0.39 is 0 Å². The fraction of sp³-hybridized carbons (Fsp3) is 0. The third-order valence-corrected chi connectivity index (χ3v) is 8.89. The number of imidazole rings is 1. The van der Waals surface area contributed by atoms with E-state index >= 15 is 0 Å². The highest BCUT2D eigenvalue weighted by Gasteiger charge is 2.17. The molecule has 7 aromatic carbocycles. The van der Waals surface area contributed by atoms with Crippen LogP contribution in [0.3, 0.4) is 0 Å². The van der Waals surface area contributed by atoms with Gasteiger partial charge in [0, 0.05) is 27.9 Å². The zero-order chi connectivity index (χ0) is 32.6. The Kier molecular flexibility index (Phi) is 7.06. The zero-order valence-corrected chi connectivity index (χ0v) is 26.5. The van der Waals surface area contributed by atoms with Gasteiger partial charge in [0.15, 0.2) is 17.5 Å². The van der Waals surface area contributed by atoms with E-state index in [1.165, 1.54) is 0 Å². The predicted molar refractivity (Wildman–Crippen MR) is 199 cm³/mol. The molecule has 0 saturated heterocycles. The Morgan fingerprint density at radius 3 is 1.47 bits per heavy atom. The summed E-state index contributed by atoms with van der Waals surface area (Å²) in [6.45, 7) is 0. The molecule has 0 atom stereocenters. The Morgan fingerprint density at radius 1 is 0.327 bits per heavy atom. The first kappa shape index (κ1) is 28.5. The van der Waals surface area contributed by atoms with Gasteiger partial charge >= 0.3 is 0 Å². The SMILES string of the molecule is c1ccc(-c2nc(-c3ccccc3)nc(-c3ccc(-c4ccc(-c5nc6ccccc6n5-c5ccccc5)cc4)c4ccccc34)n2)cc1. The number of fused-ring (bicyclic) bond motifs is 2. The standard InChI is InChI=1S/C44H29N5/c1-4-14-31(15-5-1)41-46-42(32-16-6-2-7-17-32)48-43(47-41)38-29-28-35(36-20-10-11-21-37(36)38)30-24-26-33(27-25-30)44-45-39-22-12-13-23-40(39)49(44)34-18-8-3-9-19-34/h1-29H. The molecular formula is C44H29N5. The molecule has 0 aliphatic rings. The highest BCUT2D eigenvalue weighted by molar-refractivity contribution is 6.04. The normalized spacial score (nSPS) is 11.3. The van der Waals surface area contributed by atoms with Crippen molar-refractivity contribution in [2.24, 2.45) is 0 Å². The molecule has 2 aromatic heterocycles. The summed E-state index contributed by atoms with van der Waals surface area (Å²) in [4.78, 5) is 20.0. The minimum absolute atomic E-state index is 0.644. The molecule has 0 fully saturated rings. The summed E-state index contributed by atoms with van der Waals surface area (Å²) in [6.07, 6.45) is 0. The van der Waals surface area contributed by atoms with E-state index in [4.69, 9.17) is 19.9 Å². The smallest absolute Gasteiger partial charge is 0.164 e. The van der Waals surface area contributed by atoms with Crippen molar-refractivity contribution in [2.45, 2.75) is 0 Å². The quantitative estimate of drug-likeness (QED) is 0.184. The molecule has 0 unspecified atom stereocenters. The number of benzene rings is 7. The van der Waals surface area contributed by atoms with Crippen molar-refractivity contribution < 1.29 is 0 Å². The van der Waals surface area contributed by atoms with E-state index in [1.54, 1.807) is 0 Å². The second-order valence-corrected chi connectivity index (χ2v) is 11.9. The molecule has 5 heteroatoms. The van der Waals surface area contributed by atoms with Crippen LogP contribution < -0.4 is 0 Å². The Hall–Kier alpha value is -6.72. The zero-order valence-electron chi connectivity index (χ0n) is 26.5. The van der Waals surface area contributed by atoms with Gasteiger partial charge in [-0.2, -0.15) is 0 Å². The number of rotatable bonds is 6. The Labute approximate surface area is 283 Å². The number of hydrogen-bond donors (Lipinski definition) is 0. The van der Waals surface area contributed by atoms with Crippen molar-refractivity contribution >= 4 is 21.8 Å². The summed E-state index contributed by atoms with van der Waals surface area (Å²) in [5.41, 5.74) is 9.31. The fourth-order valence-corrected chi connectivity index (χ4v) is 6.53. The van der Waals surface area contributed by atoms with Gasteiger partial charge in [0.1, 0.15) is 5.82 Å². The van der Waals surface area contributed by atoms with Crippen molar-refractivity contribution in [2.75, 3.05) is 0 Å². The van der Waals surface area contributed by atoms with Gasteiger partial charge in [0.25, 0.3) is 0 Å². The van der Waals surface area contributed by atoms with E-state index in [9.17, 15) is 0 Å². The van der Waals surface area contributed by atoms with E-state index in [0.29, 0.717) is 17.5 Å². The van der Waals surface area contributed by atoms with Crippen LogP contribution >= 0.6 is 0 Å². The van der Waals surface area contributed by atoms with Crippen molar-refractivity contribution in [3.8, 4) is 62.4 Å². The second kappa shape index (κ2) is 12.1. The van der Waals surface area contributed by atoms with Gasteiger partial charge in [0.05, 0.1) is 11.0 Å². The van der Waals surface area contributed by atoms with Crippen LogP contribution in [0.25, 0.3) is 84.2 Å². The number of hydrogen-bond acceptors (Lipinski definition) is 4. The summed E-state index contributed by atoms with van der Waals surface area (Å²) < 4.78 is 2.23. The van der Waals surface area contributed by atoms with Gasteiger partial charge in [-0.25, -0.2) is 19.9 Å². The van der Waals surface area contributed by atoms with Crippen molar-refractivity contribution in [1.29, 1.82) is 0 Å². The first-order valence-electron chi connectivity index (χ1n) is 16.3. The minimum atomic E-state index is 0.644. The molecule has 2 heterocycles. The molecule has 230 valence electrons. The summed E-state index contributed by atoms with van der Waals surface area (Å²) in [5.74, 6) is 2.85. The molecule has 49 heavy (non-hydrogen) atoms. The van der Waals surface area contributed by atoms with Gasteiger partial charge in [-0.15, -0.1) is 0 Å². The molecule has 0 amide bonds. The predicted octanol–water partition coefficient (Wildman–Crippen LogP) is 10.7. The topological polar surface area (TPSA) is 56.5 Å². The van der Waals surface area contributed by atoms with Crippen molar-refractivity contribution in [3.63, 3.8) is 0 Å². The molecule has 9 rings (SSSR count). The van der Waals surface area contributed by atoms with Gasteiger partial charge in [-0.05, 0) is 52.2 Å². The van der Waals surface area contributed by atoms with Crippen LogP contribution in [0, 0.1) is 0 Å². The van der Waals surface area contributed by atoms with E-state index in [0.717, 1.165) is 66.7 Å². The summed E-state index contributed by atoms with van der Waals surface area (Å²) in [6, 6.07) is 60.4. The van der Waals surface area contributed by atoms with Crippen LogP contribution in [0.1, 0.15) is 0 Å². The first-order chi connectivity index (χ1) is 24.3. The molecule has 5 nitrogen and oxygen atoms in total. The molecule has 0 saturated carbocycles. The lowest BCUT2D eigenvalue weighted by atomic mass is 9.94. The number of nitrogens with zero attached hydrogens (tertiary/aromatic N) is 5. The van der Waals surface area contributed by atoms with Crippen LogP contribution in [0.15, 0.2) is 176 Å². The largest absolute Gasteiger partial charge is 0.292 e. The van der Waals surface area contributed by atoms with Crippen LogP contribution in [0.5, 0.6) is 0 Å². The maximum atomic E-state index is 5.06. The molecule has 0 spiro atoms. The molecule has 0 N–H and O–H groups in total. The lowest BCUT2D eigenvalue weighted by Crippen LogP contribution is -2.00. The minimum Gasteiger partial charge on any atom is -0.292 e. The maximum Gasteiger partial charge on any atom is 0.164 e. The molecular weight excluding hydrogens is 599 g/mol. The van der Waals surface area contributed by atoms with E-state index in [-0.39, 0.29) is 0 Å². The summed E-state index contributed by atoms with van der Waals surface area (Å²) in [7, 11) is 0. The second-order valence-electron chi connectivity index (χ2n) is 11.9. The van der Waals surface area contributed by atoms with Crippen LogP contribution in [-0.4, -0.2) is 24.5 Å². The Morgan fingerprint density at radius 2 is 0.816 bits per heavy atom. The Bertz CT molecular complexity index is 2520. The third kappa shape index (κ3) is 5.24. The number of aromatic nitrogens is 5. The van der Waals surface area contributed by atoms with E-state index in [2.05, 4.69) is 108 Å². The van der Waals surface area contributed by atoms with Gasteiger partial charge in [-0.1, -0.05) is 146 Å². The van der Waals surface area contributed by atoms with Gasteiger partial charge in [-0.3, -0.25) is 4.57 Å². The van der Waals surface area contributed by atoms with Crippen LogP contribution in [0.2, 0.25) is 0 Å². The Balaban J connectivity index is 1.15. The molecule has 0 bridgehead atoms. The first-order valence-corrected chi connectivity index (χ1v) is 16.3. The van der Waals surface area contributed by atoms with Gasteiger partial charge in [0.2, 0.25) is 0 Å². The lowest BCUT2D eigenvalue weighted by molar-refractivity contribution is 1.08. The summed E-state index contributed by atoms with van der Waals surface area (Å²) in [5, 5.41) is 2.21. The van der Waals surface area contributed by atoms with Crippen molar-refractivity contribution in [3.05, 3.63) is 176 Å². The molecule has 0 aliphatic carbocycles. The van der Waals surface area contributed by atoms with Crippen LogP contribution in [0.4, 0.5) is 0 Å². The lowest BCUT2D eigenvalue weighted by Gasteiger charge is -2.14. The highest BCUT2D eigenvalue weighted by atomic mass is 15.1. The molecule has 0 aliphatic heterocycles. The highest BCUT2D eigenvalue weighted by Crippen LogP contribution is 2.37. The summed E-state index contributed by atoms with van der Waals surface area (Å²) >= 11 is 0. The van der Waals surface area contributed by atoms with E-state index in [1.807, 2.05) is 72.8 Å². The van der Waals surface area contributed by atoms with Gasteiger partial charge < -0.3 is 0 Å². The monoisotopic (exact) mass is 627 g/mol. The van der Waals surface area contributed by atoms with Crippen LogP contribution in [-0.2, 0) is 0 Å². The molecule has 9 aromatic rings. The number of para-hydroxylation sites is 3. The average molecular weight is 628 g/mol. The fourth-order valence-electron chi connectivity index (χ4n) is 6.53. The molecule has 0 radical (unpaired) electrons. The average Bonchev–Trinajstić information content (AvgIpc) is 3.58. The third-order valence-electron chi connectivity index (χ3n) is 8.89. The van der Waals surface area contributed by atoms with Crippen molar-refractivity contribution in [1.82, 2.24) is 24.5 Å².